The van der Waals surface area contributed by atoms with Gasteiger partial charge in [-0.05, 0) is 17.7 Å². The zero-order valence-corrected chi connectivity index (χ0v) is 7.47. The number of aromatic nitrogens is 2. The van der Waals surface area contributed by atoms with Gasteiger partial charge in [-0.1, -0.05) is 6.07 Å². The number of rotatable bonds is 1. The minimum absolute atomic E-state index is 0.0889. The molecule has 0 spiro atoms. The van der Waals surface area contributed by atoms with E-state index in [-0.39, 0.29) is 16.9 Å². The molecule has 1 aromatic carbocycles. The molecule has 1 aromatic heterocycles. The smallest absolute Gasteiger partial charge is 0.273 e. The van der Waals surface area contributed by atoms with Crippen LogP contribution in [0, 0.1) is 11.6 Å². The van der Waals surface area contributed by atoms with Crippen molar-refractivity contribution in [1.82, 2.24) is 10.2 Å². The maximum atomic E-state index is 12.9. The van der Waals surface area contributed by atoms with E-state index in [0.29, 0.717) is 0 Å². The van der Waals surface area contributed by atoms with E-state index in [1.54, 1.807) is 0 Å². The molecular formula is C9H7F2N3O. The van der Waals surface area contributed by atoms with Crippen molar-refractivity contribution in [3.05, 3.63) is 40.2 Å². The highest BCUT2D eigenvalue weighted by Crippen LogP contribution is 2.21. The highest BCUT2D eigenvalue weighted by molar-refractivity contribution is 5.72. The lowest BCUT2D eigenvalue weighted by atomic mass is 10.1. The molecule has 2 rings (SSSR count). The molecule has 0 aliphatic rings. The number of halogens is 2. The van der Waals surface area contributed by atoms with Crippen molar-refractivity contribution in [2.45, 2.75) is 0 Å². The van der Waals surface area contributed by atoms with Crippen LogP contribution in [-0.2, 0) is 0 Å². The average Bonchev–Trinajstić information content (AvgIpc) is 2.52. The van der Waals surface area contributed by atoms with Gasteiger partial charge in [0.2, 0.25) is 0 Å². The highest BCUT2D eigenvalue weighted by atomic mass is 19.2. The molecule has 1 heterocycles. The molecule has 6 heteroatoms. The molecule has 78 valence electrons. The van der Waals surface area contributed by atoms with Gasteiger partial charge in [0.05, 0.1) is 5.56 Å². The van der Waals surface area contributed by atoms with Gasteiger partial charge in [0, 0.05) is 0 Å². The lowest BCUT2D eigenvalue weighted by molar-refractivity contribution is 0.509. The number of nitrogen functional groups attached to an aromatic ring is 1. The summed E-state index contributed by atoms with van der Waals surface area (Å²) in [5, 5.41) is 4.64. The first-order chi connectivity index (χ1) is 7.09. The van der Waals surface area contributed by atoms with Gasteiger partial charge in [-0.15, -0.1) is 0 Å². The van der Waals surface area contributed by atoms with Crippen LogP contribution in [-0.4, -0.2) is 10.2 Å². The molecule has 0 fully saturated rings. The zero-order valence-electron chi connectivity index (χ0n) is 7.47. The quantitative estimate of drug-likeness (QED) is 0.663. The summed E-state index contributed by atoms with van der Waals surface area (Å²) in [4.78, 5) is 11.3. The normalized spacial score (nSPS) is 10.5. The van der Waals surface area contributed by atoms with Gasteiger partial charge in [0.25, 0.3) is 5.56 Å². The first-order valence-electron chi connectivity index (χ1n) is 4.11. The molecule has 0 unspecified atom stereocenters. The van der Waals surface area contributed by atoms with Gasteiger partial charge in [-0.2, -0.15) is 0 Å². The van der Waals surface area contributed by atoms with Crippen molar-refractivity contribution in [3.63, 3.8) is 0 Å². The van der Waals surface area contributed by atoms with Crippen molar-refractivity contribution in [2.75, 3.05) is 5.73 Å². The molecule has 0 aliphatic carbocycles. The van der Waals surface area contributed by atoms with E-state index in [1.807, 2.05) is 0 Å². The van der Waals surface area contributed by atoms with Crippen LogP contribution in [0.25, 0.3) is 11.1 Å². The Balaban J connectivity index is 2.65. The van der Waals surface area contributed by atoms with Crippen molar-refractivity contribution in [1.29, 1.82) is 0 Å². The summed E-state index contributed by atoms with van der Waals surface area (Å²) in [6.07, 6.45) is 0. The monoisotopic (exact) mass is 211 g/mol. The van der Waals surface area contributed by atoms with Gasteiger partial charge >= 0.3 is 0 Å². The van der Waals surface area contributed by atoms with Crippen molar-refractivity contribution >= 4 is 5.82 Å². The second kappa shape index (κ2) is 3.23. The molecule has 15 heavy (non-hydrogen) atoms. The number of hydrogen-bond acceptors (Lipinski definition) is 2. The molecule has 0 aliphatic heterocycles. The third kappa shape index (κ3) is 1.50. The van der Waals surface area contributed by atoms with E-state index < -0.39 is 17.2 Å². The molecule has 4 N–H and O–H groups in total. The Morgan fingerprint density at radius 1 is 1.13 bits per heavy atom. The second-order valence-electron chi connectivity index (χ2n) is 3.00. The van der Waals surface area contributed by atoms with Crippen molar-refractivity contribution < 1.29 is 8.78 Å². The van der Waals surface area contributed by atoms with Crippen LogP contribution in [0.2, 0.25) is 0 Å². The summed E-state index contributed by atoms with van der Waals surface area (Å²) >= 11 is 0. The molecule has 0 radical (unpaired) electrons. The zero-order chi connectivity index (χ0) is 11.0. The predicted octanol–water partition coefficient (Wildman–Crippen LogP) is 1.23. The second-order valence-corrected chi connectivity index (χ2v) is 3.00. The van der Waals surface area contributed by atoms with Crippen LogP contribution in [0.1, 0.15) is 0 Å². The summed E-state index contributed by atoms with van der Waals surface area (Å²) in [6, 6.07) is 3.15. The minimum Gasteiger partial charge on any atom is -0.383 e. The van der Waals surface area contributed by atoms with Crippen LogP contribution >= 0.6 is 0 Å². The van der Waals surface area contributed by atoms with Crippen molar-refractivity contribution in [2.24, 2.45) is 0 Å². The van der Waals surface area contributed by atoms with Gasteiger partial charge in [0.15, 0.2) is 11.6 Å². The minimum atomic E-state index is -1.02. The SMILES string of the molecule is Nc1[nH][nH]c(=O)c1-c1ccc(F)c(F)c1. The van der Waals surface area contributed by atoms with E-state index in [1.165, 1.54) is 6.07 Å². The molecule has 2 aromatic rings. The van der Waals surface area contributed by atoms with Gasteiger partial charge in [-0.25, -0.2) is 8.78 Å². The number of anilines is 1. The first-order valence-corrected chi connectivity index (χ1v) is 4.11. The Morgan fingerprint density at radius 3 is 2.40 bits per heavy atom. The van der Waals surface area contributed by atoms with Crippen LogP contribution in [0.4, 0.5) is 14.6 Å². The number of H-pyrrole nitrogens is 2. The first kappa shape index (κ1) is 9.45. The maximum Gasteiger partial charge on any atom is 0.273 e. The topological polar surface area (TPSA) is 74.7 Å². The van der Waals surface area contributed by atoms with E-state index in [2.05, 4.69) is 10.2 Å². The number of aromatic amines is 2. The highest BCUT2D eigenvalue weighted by Gasteiger charge is 2.11. The number of hydrogen-bond donors (Lipinski definition) is 3. The lowest BCUT2D eigenvalue weighted by Gasteiger charge is -1.98. The molecule has 4 nitrogen and oxygen atoms in total. The van der Waals surface area contributed by atoms with E-state index >= 15 is 0 Å². The third-order valence-electron chi connectivity index (χ3n) is 2.02. The number of nitrogens with two attached hydrogens (primary N) is 1. The Kier molecular flexibility index (Phi) is 2.03. The number of benzene rings is 1. The fourth-order valence-electron chi connectivity index (χ4n) is 1.31. The van der Waals surface area contributed by atoms with Crippen LogP contribution in [0.3, 0.4) is 0 Å². The lowest BCUT2D eigenvalue weighted by Crippen LogP contribution is -2.02. The maximum absolute atomic E-state index is 12.9. The summed E-state index contributed by atoms with van der Waals surface area (Å²) < 4.78 is 25.5. The molecule has 0 saturated heterocycles. The van der Waals surface area contributed by atoms with Gasteiger partial charge in [0.1, 0.15) is 5.82 Å². The molecule has 0 bridgehead atoms. The fraction of sp³-hybridized carbons (Fsp3) is 0. The molecular weight excluding hydrogens is 204 g/mol. The number of nitrogens with one attached hydrogen (secondary N) is 2. The summed E-state index contributed by atoms with van der Waals surface area (Å²) in [5.41, 5.74) is 5.32. The summed E-state index contributed by atoms with van der Waals surface area (Å²) in [5.74, 6) is -1.90. The Morgan fingerprint density at radius 2 is 1.87 bits per heavy atom. The standard InChI is InChI=1S/C9H7F2N3O/c10-5-2-1-4(3-6(5)11)7-8(12)13-14-9(7)15/h1-3H,(H4,12,13,14,15). The van der Waals surface area contributed by atoms with Gasteiger partial charge < -0.3 is 5.73 Å². The summed E-state index contributed by atoms with van der Waals surface area (Å²) in [6.45, 7) is 0. The molecule has 0 atom stereocenters. The van der Waals surface area contributed by atoms with E-state index in [4.69, 9.17) is 5.73 Å². The Hall–Kier alpha value is -2.11. The summed E-state index contributed by atoms with van der Waals surface area (Å²) in [7, 11) is 0. The van der Waals surface area contributed by atoms with Crippen LogP contribution in [0.5, 0.6) is 0 Å². The van der Waals surface area contributed by atoms with Gasteiger partial charge in [-0.3, -0.25) is 15.0 Å². The van der Waals surface area contributed by atoms with E-state index in [9.17, 15) is 13.6 Å². The largest absolute Gasteiger partial charge is 0.383 e. The Labute approximate surface area is 82.7 Å². The Bertz CT molecular complexity index is 559. The van der Waals surface area contributed by atoms with Crippen LogP contribution < -0.4 is 11.3 Å². The average molecular weight is 211 g/mol. The third-order valence-corrected chi connectivity index (χ3v) is 2.02. The van der Waals surface area contributed by atoms with Crippen molar-refractivity contribution in [3.8, 4) is 11.1 Å². The molecule has 0 saturated carbocycles. The van der Waals surface area contributed by atoms with Crippen LogP contribution in [0.15, 0.2) is 23.0 Å². The van der Waals surface area contributed by atoms with E-state index in [0.717, 1.165) is 12.1 Å². The molecule has 0 amide bonds. The predicted molar refractivity (Wildman–Crippen MR) is 51.2 cm³/mol. The fourth-order valence-corrected chi connectivity index (χ4v) is 1.31.